The van der Waals surface area contributed by atoms with Gasteiger partial charge in [-0.05, 0) is 24.2 Å². The first-order valence-corrected chi connectivity index (χ1v) is 5.97. The molecule has 2 heterocycles. The molecule has 1 N–H and O–H groups in total. The number of rotatable bonds is 3. The minimum Gasteiger partial charge on any atom is -0.272 e. The molecule has 4 nitrogen and oxygen atoms in total. The van der Waals surface area contributed by atoms with Crippen LogP contribution in [-0.2, 0) is 6.54 Å². The van der Waals surface area contributed by atoms with E-state index in [0.717, 1.165) is 17.2 Å². The highest BCUT2D eigenvalue weighted by atomic mass is 32.1. The van der Waals surface area contributed by atoms with Crippen molar-refractivity contribution in [2.24, 2.45) is 5.92 Å². The Kier molecular flexibility index (Phi) is 2.97. The molecule has 0 saturated carbocycles. The predicted molar refractivity (Wildman–Crippen MR) is 63.4 cm³/mol. The van der Waals surface area contributed by atoms with Crippen LogP contribution in [0.25, 0.3) is 10.7 Å². The maximum Gasteiger partial charge on any atom is 0.176 e. The van der Waals surface area contributed by atoms with E-state index in [4.69, 9.17) is 12.2 Å². The fourth-order valence-corrected chi connectivity index (χ4v) is 2.15. The van der Waals surface area contributed by atoms with Crippen LogP contribution in [0.3, 0.4) is 0 Å². The van der Waals surface area contributed by atoms with Gasteiger partial charge in [-0.1, -0.05) is 25.2 Å². The Morgan fingerprint density at radius 3 is 3.00 bits per heavy atom. The van der Waals surface area contributed by atoms with Gasteiger partial charge in [0.25, 0.3) is 0 Å². The summed E-state index contributed by atoms with van der Waals surface area (Å²) in [6.07, 6.45) is 1.97. The highest BCUT2D eigenvalue weighted by Crippen LogP contribution is 2.19. The van der Waals surface area contributed by atoms with Gasteiger partial charge in [0, 0.05) is 12.7 Å². The third-order valence-corrected chi connectivity index (χ3v) is 2.96. The zero-order valence-electron chi connectivity index (χ0n) is 8.60. The van der Waals surface area contributed by atoms with Crippen LogP contribution in [0, 0.1) is 9.87 Å². The predicted octanol–water partition coefficient (Wildman–Crippen LogP) is 2.72. The Labute approximate surface area is 97.0 Å². The largest absolute Gasteiger partial charge is 0.272 e. The van der Waals surface area contributed by atoms with Crippen molar-refractivity contribution < 1.29 is 0 Å². The van der Waals surface area contributed by atoms with E-state index in [9.17, 15) is 0 Å². The molecule has 0 aliphatic carbocycles. The van der Waals surface area contributed by atoms with Crippen LogP contribution >= 0.6 is 23.6 Å². The van der Waals surface area contributed by atoms with Crippen LogP contribution in [0.4, 0.5) is 0 Å². The molecule has 0 bridgehead atoms. The first kappa shape index (κ1) is 10.5. The van der Waals surface area contributed by atoms with Crippen LogP contribution in [-0.4, -0.2) is 20.0 Å². The third kappa shape index (κ3) is 2.51. The fraction of sp³-hybridized carbons (Fsp3) is 0.444. The Morgan fingerprint density at radius 2 is 2.40 bits per heavy atom. The van der Waals surface area contributed by atoms with E-state index in [1.807, 2.05) is 16.9 Å². The molecule has 0 atom stereocenters. The van der Waals surface area contributed by atoms with Crippen molar-refractivity contribution in [3.8, 4) is 10.7 Å². The number of aromatic nitrogens is 4. The molecular weight excluding hydrogens is 228 g/mol. The second-order valence-electron chi connectivity index (χ2n) is 3.74. The van der Waals surface area contributed by atoms with Crippen molar-refractivity contribution in [1.82, 2.24) is 20.0 Å². The van der Waals surface area contributed by atoms with Gasteiger partial charge in [0.2, 0.25) is 0 Å². The van der Waals surface area contributed by atoms with E-state index in [2.05, 4.69) is 29.1 Å². The fourth-order valence-electron chi connectivity index (χ4n) is 1.29. The van der Waals surface area contributed by atoms with Gasteiger partial charge in [-0.3, -0.25) is 9.78 Å². The van der Waals surface area contributed by atoms with Crippen molar-refractivity contribution in [2.75, 3.05) is 0 Å². The van der Waals surface area contributed by atoms with Crippen LogP contribution < -0.4 is 0 Å². The molecular formula is C9H12N4S2. The number of nitrogens with zero attached hydrogens (tertiary/aromatic N) is 3. The molecule has 6 heteroatoms. The van der Waals surface area contributed by atoms with Gasteiger partial charge < -0.3 is 0 Å². The monoisotopic (exact) mass is 240 g/mol. The lowest BCUT2D eigenvalue weighted by Gasteiger charge is -2.03. The SMILES string of the molecule is CC(C)Cn1ccc(-c2n[nH]c(=S)s2)n1. The number of aromatic amines is 1. The van der Waals surface area contributed by atoms with Crippen molar-refractivity contribution in [3.05, 3.63) is 16.2 Å². The Balaban J connectivity index is 2.23. The molecule has 15 heavy (non-hydrogen) atoms. The van der Waals surface area contributed by atoms with Gasteiger partial charge >= 0.3 is 0 Å². The van der Waals surface area contributed by atoms with Gasteiger partial charge in [0.1, 0.15) is 5.69 Å². The van der Waals surface area contributed by atoms with E-state index in [1.165, 1.54) is 11.3 Å². The summed E-state index contributed by atoms with van der Waals surface area (Å²) < 4.78 is 2.62. The summed E-state index contributed by atoms with van der Waals surface area (Å²) in [4.78, 5) is 0. The normalized spacial score (nSPS) is 11.1. The van der Waals surface area contributed by atoms with Gasteiger partial charge in [-0.2, -0.15) is 10.2 Å². The quantitative estimate of drug-likeness (QED) is 0.839. The third-order valence-electron chi connectivity index (χ3n) is 1.85. The van der Waals surface area contributed by atoms with E-state index in [0.29, 0.717) is 9.87 Å². The number of hydrogen-bond donors (Lipinski definition) is 1. The van der Waals surface area contributed by atoms with Crippen LogP contribution in [0.2, 0.25) is 0 Å². The molecule has 0 spiro atoms. The Hall–Kier alpha value is -1.01. The second kappa shape index (κ2) is 4.24. The highest BCUT2D eigenvalue weighted by molar-refractivity contribution is 7.73. The highest BCUT2D eigenvalue weighted by Gasteiger charge is 2.06. The minimum absolute atomic E-state index is 0.593. The van der Waals surface area contributed by atoms with E-state index in [1.54, 1.807) is 0 Å². The standard InChI is InChI=1S/C9H12N4S2/c1-6(2)5-13-4-3-7(12-13)8-10-11-9(14)15-8/h3-4,6H,5H2,1-2H3,(H,11,14). The second-order valence-corrected chi connectivity index (χ2v) is 5.40. The van der Waals surface area contributed by atoms with E-state index >= 15 is 0 Å². The zero-order chi connectivity index (χ0) is 10.8. The minimum atomic E-state index is 0.593. The maximum atomic E-state index is 4.98. The van der Waals surface area contributed by atoms with Crippen LogP contribution in [0.1, 0.15) is 13.8 Å². The lowest BCUT2D eigenvalue weighted by atomic mass is 10.2. The molecule has 2 rings (SSSR count). The Bertz CT molecular complexity index is 494. The molecule has 2 aromatic rings. The number of H-pyrrole nitrogens is 1. The Morgan fingerprint density at radius 1 is 1.60 bits per heavy atom. The van der Waals surface area contributed by atoms with Gasteiger partial charge in [0.15, 0.2) is 8.96 Å². The topological polar surface area (TPSA) is 46.5 Å². The molecule has 0 radical (unpaired) electrons. The van der Waals surface area contributed by atoms with Crippen molar-refractivity contribution in [3.63, 3.8) is 0 Å². The summed E-state index contributed by atoms with van der Waals surface area (Å²) >= 11 is 6.42. The molecule has 0 saturated heterocycles. The van der Waals surface area contributed by atoms with Crippen molar-refractivity contribution in [2.45, 2.75) is 20.4 Å². The molecule has 0 aromatic carbocycles. The van der Waals surface area contributed by atoms with Crippen LogP contribution in [0.15, 0.2) is 12.3 Å². The summed E-state index contributed by atoms with van der Waals surface area (Å²) in [6, 6.07) is 1.96. The molecule has 80 valence electrons. The van der Waals surface area contributed by atoms with Crippen molar-refractivity contribution >= 4 is 23.6 Å². The maximum absolute atomic E-state index is 4.98. The summed E-state index contributed by atoms with van der Waals surface area (Å²) in [7, 11) is 0. The summed E-state index contributed by atoms with van der Waals surface area (Å²) in [5.41, 5.74) is 0.882. The summed E-state index contributed by atoms with van der Waals surface area (Å²) in [6.45, 7) is 5.26. The summed E-state index contributed by atoms with van der Waals surface area (Å²) in [5, 5.41) is 12.1. The number of nitrogens with one attached hydrogen (secondary N) is 1. The van der Waals surface area contributed by atoms with Crippen molar-refractivity contribution in [1.29, 1.82) is 0 Å². The molecule has 0 aliphatic heterocycles. The van der Waals surface area contributed by atoms with E-state index < -0.39 is 0 Å². The lowest BCUT2D eigenvalue weighted by molar-refractivity contribution is 0.484. The van der Waals surface area contributed by atoms with Gasteiger partial charge in [-0.15, -0.1) is 0 Å². The summed E-state index contributed by atoms with van der Waals surface area (Å²) in [5.74, 6) is 0.593. The first-order chi connectivity index (χ1) is 7.15. The molecule has 0 unspecified atom stereocenters. The van der Waals surface area contributed by atoms with Crippen LogP contribution in [0.5, 0.6) is 0 Å². The average Bonchev–Trinajstić information content (AvgIpc) is 2.72. The number of hydrogen-bond acceptors (Lipinski definition) is 4. The smallest absolute Gasteiger partial charge is 0.176 e. The molecule has 0 amide bonds. The van der Waals surface area contributed by atoms with Gasteiger partial charge in [-0.25, -0.2) is 0 Å². The zero-order valence-corrected chi connectivity index (χ0v) is 10.2. The lowest BCUT2D eigenvalue weighted by Crippen LogP contribution is -2.04. The van der Waals surface area contributed by atoms with Gasteiger partial charge in [0.05, 0.1) is 0 Å². The molecule has 2 aromatic heterocycles. The van der Waals surface area contributed by atoms with E-state index in [-0.39, 0.29) is 0 Å². The average molecular weight is 240 g/mol. The first-order valence-electron chi connectivity index (χ1n) is 4.74. The molecule has 0 fully saturated rings. The molecule has 0 aliphatic rings.